The zero-order valence-electron chi connectivity index (χ0n) is 20.6. The SMILES string of the molecule is CCCCCCCC1CCC(C2CCC(C#Cc3ccc(CCCC)cc3)CC2)CC1. The van der Waals surface area contributed by atoms with Gasteiger partial charge in [0, 0.05) is 11.5 Å². The number of unbranched alkanes of at least 4 members (excludes halogenated alkanes) is 5. The van der Waals surface area contributed by atoms with Crippen molar-refractivity contribution in [1.82, 2.24) is 0 Å². The highest BCUT2D eigenvalue weighted by Gasteiger charge is 2.30. The lowest BCUT2D eigenvalue weighted by Gasteiger charge is -2.37. The summed E-state index contributed by atoms with van der Waals surface area (Å²) in [6, 6.07) is 9.01. The van der Waals surface area contributed by atoms with Crippen molar-refractivity contribution >= 4 is 0 Å². The van der Waals surface area contributed by atoms with Gasteiger partial charge in [0.05, 0.1) is 0 Å². The summed E-state index contributed by atoms with van der Waals surface area (Å²) in [5.74, 6) is 10.8. The first-order valence-corrected chi connectivity index (χ1v) is 13.9. The van der Waals surface area contributed by atoms with Crippen molar-refractivity contribution in [3.05, 3.63) is 35.4 Å². The molecule has 1 aromatic carbocycles. The molecule has 0 aliphatic heterocycles. The minimum absolute atomic E-state index is 0.635. The van der Waals surface area contributed by atoms with E-state index in [2.05, 4.69) is 50.0 Å². The zero-order valence-corrected chi connectivity index (χ0v) is 20.6. The molecule has 0 nitrogen and oxygen atoms in total. The highest BCUT2D eigenvalue weighted by Crippen LogP contribution is 2.42. The van der Waals surface area contributed by atoms with Gasteiger partial charge in [-0.2, -0.15) is 0 Å². The van der Waals surface area contributed by atoms with Crippen LogP contribution in [0.5, 0.6) is 0 Å². The normalized spacial score (nSPS) is 26.3. The predicted octanol–water partition coefficient (Wildman–Crippen LogP) is 9.35. The quantitative estimate of drug-likeness (QED) is 0.261. The molecule has 0 bridgehead atoms. The molecule has 0 heteroatoms. The molecule has 2 aliphatic rings. The van der Waals surface area contributed by atoms with Crippen LogP contribution in [0, 0.1) is 35.5 Å². The molecule has 31 heavy (non-hydrogen) atoms. The fourth-order valence-corrected chi connectivity index (χ4v) is 6.04. The molecule has 2 aliphatic carbocycles. The molecule has 0 saturated heterocycles. The van der Waals surface area contributed by atoms with Crippen LogP contribution in [0.25, 0.3) is 0 Å². The third-order valence-electron chi connectivity index (χ3n) is 8.24. The van der Waals surface area contributed by atoms with E-state index in [0.29, 0.717) is 5.92 Å². The van der Waals surface area contributed by atoms with Crippen molar-refractivity contribution in [2.75, 3.05) is 0 Å². The van der Waals surface area contributed by atoms with E-state index in [1.54, 1.807) is 0 Å². The Morgan fingerprint density at radius 3 is 1.94 bits per heavy atom. The third kappa shape index (κ3) is 8.67. The minimum Gasteiger partial charge on any atom is -0.0945 e. The molecule has 2 saturated carbocycles. The second-order valence-corrected chi connectivity index (χ2v) is 10.7. The van der Waals surface area contributed by atoms with Gasteiger partial charge in [0.25, 0.3) is 0 Å². The molecule has 0 radical (unpaired) electrons. The Morgan fingerprint density at radius 2 is 1.29 bits per heavy atom. The molecule has 2 fully saturated rings. The second-order valence-electron chi connectivity index (χ2n) is 10.7. The topological polar surface area (TPSA) is 0 Å². The van der Waals surface area contributed by atoms with Crippen LogP contribution in [0.2, 0.25) is 0 Å². The Labute approximate surface area is 194 Å². The first-order valence-electron chi connectivity index (χ1n) is 13.9. The van der Waals surface area contributed by atoms with Crippen LogP contribution in [0.1, 0.15) is 128 Å². The first-order chi connectivity index (χ1) is 15.3. The smallest absolute Gasteiger partial charge is 0.0245 e. The van der Waals surface area contributed by atoms with Crippen molar-refractivity contribution in [3.8, 4) is 11.8 Å². The minimum atomic E-state index is 0.635. The van der Waals surface area contributed by atoms with Crippen LogP contribution >= 0.6 is 0 Å². The van der Waals surface area contributed by atoms with Gasteiger partial charge in [0.1, 0.15) is 0 Å². The Balaban J connectivity index is 1.33. The van der Waals surface area contributed by atoms with Gasteiger partial charge in [-0.1, -0.05) is 95.6 Å². The fraction of sp³-hybridized carbons (Fsp3) is 0.742. The van der Waals surface area contributed by atoms with E-state index in [4.69, 9.17) is 0 Å². The van der Waals surface area contributed by atoms with E-state index in [-0.39, 0.29) is 0 Å². The Bertz CT molecular complexity index is 642. The van der Waals surface area contributed by atoms with Gasteiger partial charge in [-0.15, -0.1) is 0 Å². The Morgan fingerprint density at radius 1 is 0.677 bits per heavy atom. The zero-order chi connectivity index (χ0) is 21.7. The number of rotatable bonds is 10. The standard InChI is InChI=1S/C31H48/c1-3-5-7-8-9-11-27-18-22-30(23-19-27)31-24-20-29(21-25-31)17-16-28-14-12-26(13-15-28)10-6-4-2/h12-15,27,29-31H,3-11,18-25H2,1-2H3. The van der Waals surface area contributed by atoms with Crippen molar-refractivity contribution in [2.45, 2.75) is 123 Å². The van der Waals surface area contributed by atoms with Crippen LogP contribution in [0.4, 0.5) is 0 Å². The molecule has 1 aromatic rings. The molecule has 0 heterocycles. The number of aryl methyl sites for hydroxylation is 1. The Hall–Kier alpha value is -1.22. The number of benzene rings is 1. The average molecular weight is 421 g/mol. The van der Waals surface area contributed by atoms with Gasteiger partial charge < -0.3 is 0 Å². The van der Waals surface area contributed by atoms with Crippen molar-refractivity contribution in [1.29, 1.82) is 0 Å². The predicted molar refractivity (Wildman–Crippen MR) is 136 cm³/mol. The maximum atomic E-state index is 3.62. The summed E-state index contributed by atoms with van der Waals surface area (Å²) in [5, 5.41) is 0. The molecule has 172 valence electrons. The number of hydrogen-bond acceptors (Lipinski definition) is 0. The summed E-state index contributed by atoms with van der Waals surface area (Å²) in [6.45, 7) is 4.57. The van der Waals surface area contributed by atoms with Crippen LogP contribution in [0.3, 0.4) is 0 Å². The summed E-state index contributed by atoms with van der Waals surface area (Å²) >= 11 is 0. The van der Waals surface area contributed by atoms with Crippen LogP contribution < -0.4 is 0 Å². The number of hydrogen-bond donors (Lipinski definition) is 0. The van der Waals surface area contributed by atoms with E-state index in [1.165, 1.54) is 120 Å². The molecule has 0 aromatic heterocycles. The molecule has 0 unspecified atom stereocenters. The van der Waals surface area contributed by atoms with E-state index in [0.717, 1.165) is 17.8 Å². The van der Waals surface area contributed by atoms with Gasteiger partial charge in [0.15, 0.2) is 0 Å². The molecule has 0 atom stereocenters. The van der Waals surface area contributed by atoms with Gasteiger partial charge in [0.2, 0.25) is 0 Å². The van der Waals surface area contributed by atoms with E-state index in [9.17, 15) is 0 Å². The maximum absolute atomic E-state index is 3.62. The van der Waals surface area contributed by atoms with E-state index < -0.39 is 0 Å². The van der Waals surface area contributed by atoms with Crippen molar-refractivity contribution < 1.29 is 0 Å². The monoisotopic (exact) mass is 420 g/mol. The van der Waals surface area contributed by atoms with E-state index >= 15 is 0 Å². The average Bonchev–Trinajstić information content (AvgIpc) is 2.83. The summed E-state index contributed by atoms with van der Waals surface area (Å²) < 4.78 is 0. The third-order valence-corrected chi connectivity index (χ3v) is 8.24. The van der Waals surface area contributed by atoms with Crippen molar-refractivity contribution in [3.63, 3.8) is 0 Å². The summed E-state index contributed by atoms with van der Waals surface area (Å²) in [5.41, 5.74) is 2.66. The molecule has 3 rings (SSSR count). The van der Waals surface area contributed by atoms with Gasteiger partial charge in [-0.05, 0) is 86.8 Å². The highest BCUT2D eigenvalue weighted by molar-refractivity contribution is 5.36. The van der Waals surface area contributed by atoms with E-state index in [1.807, 2.05) is 0 Å². The lowest BCUT2D eigenvalue weighted by atomic mass is 9.69. The molecule has 0 spiro atoms. The highest BCUT2D eigenvalue weighted by atomic mass is 14.4. The lowest BCUT2D eigenvalue weighted by molar-refractivity contribution is 0.153. The summed E-state index contributed by atoms with van der Waals surface area (Å²) in [7, 11) is 0. The fourth-order valence-electron chi connectivity index (χ4n) is 6.04. The van der Waals surface area contributed by atoms with Gasteiger partial charge in [-0.3, -0.25) is 0 Å². The summed E-state index contributed by atoms with van der Waals surface area (Å²) in [6.07, 6.45) is 24.1. The maximum Gasteiger partial charge on any atom is 0.0245 e. The van der Waals surface area contributed by atoms with Crippen LogP contribution in [0.15, 0.2) is 24.3 Å². The second kappa shape index (κ2) is 14.0. The molecular weight excluding hydrogens is 372 g/mol. The first kappa shape index (κ1) is 24.4. The van der Waals surface area contributed by atoms with Crippen LogP contribution in [-0.2, 0) is 6.42 Å². The Kier molecular flexibility index (Phi) is 11.1. The van der Waals surface area contributed by atoms with Crippen molar-refractivity contribution in [2.24, 2.45) is 23.7 Å². The van der Waals surface area contributed by atoms with Gasteiger partial charge >= 0.3 is 0 Å². The van der Waals surface area contributed by atoms with Gasteiger partial charge in [-0.25, -0.2) is 0 Å². The summed E-state index contributed by atoms with van der Waals surface area (Å²) in [4.78, 5) is 0. The largest absolute Gasteiger partial charge is 0.0945 e. The lowest BCUT2D eigenvalue weighted by Crippen LogP contribution is -2.25. The molecular formula is C31H48. The molecule has 0 N–H and O–H groups in total. The molecule has 0 amide bonds. The van der Waals surface area contributed by atoms with Crippen LogP contribution in [-0.4, -0.2) is 0 Å².